The van der Waals surface area contributed by atoms with E-state index < -0.39 is 0 Å². The average Bonchev–Trinajstić information content (AvgIpc) is 2.45. The van der Waals surface area contributed by atoms with Crippen molar-refractivity contribution < 1.29 is 4.79 Å². The van der Waals surface area contributed by atoms with Gasteiger partial charge in [-0.2, -0.15) is 5.26 Å². The number of carbonyl (C=O) groups is 1. The van der Waals surface area contributed by atoms with Gasteiger partial charge >= 0.3 is 0 Å². The van der Waals surface area contributed by atoms with Crippen LogP contribution in [0, 0.1) is 17.2 Å². The smallest absolute Gasteiger partial charge is 0.269 e. The first-order chi connectivity index (χ1) is 9.19. The van der Waals surface area contributed by atoms with Crippen molar-refractivity contribution in [1.29, 1.82) is 5.26 Å². The van der Waals surface area contributed by atoms with Gasteiger partial charge in [-0.3, -0.25) is 4.79 Å². The van der Waals surface area contributed by atoms with Crippen LogP contribution in [0.15, 0.2) is 18.3 Å². The van der Waals surface area contributed by atoms with E-state index in [0.29, 0.717) is 23.7 Å². The summed E-state index contributed by atoms with van der Waals surface area (Å²) in [5.74, 6) is 0.264. The zero-order valence-corrected chi connectivity index (χ0v) is 11.4. The number of nitriles is 1. The Kier molecular flexibility index (Phi) is 4.75. The van der Waals surface area contributed by atoms with Crippen molar-refractivity contribution in [3.63, 3.8) is 0 Å². The van der Waals surface area contributed by atoms with Crippen LogP contribution in [0.1, 0.15) is 41.7 Å². The minimum Gasteiger partial charge on any atom is -0.350 e. The number of pyridine rings is 1. The molecule has 4 nitrogen and oxygen atoms in total. The molecule has 5 heteroatoms. The highest BCUT2D eigenvalue weighted by Crippen LogP contribution is 2.27. The molecule has 2 atom stereocenters. The third-order valence-electron chi connectivity index (χ3n) is 3.40. The Morgan fingerprint density at radius 2 is 2.37 bits per heavy atom. The molecular formula is C14H16ClN3O. The standard InChI is InChI=1S/C14H16ClN3O/c15-12-3-1-2-10(6-12)8-18-14(19)13-5-4-11(7-16)9-17-13/h4-5,9-10,12H,1-3,6,8H2,(H,18,19). The van der Waals surface area contributed by atoms with Gasteiger partial charge in [-0.25, -0.2) is 4.98 Å². The Hall–Kier alpha value is -1.60. The van der Waals surface area contributed by atoms with E-state index in [2.05, 4.69) is 10.3 Å². The van der Waals surface area contributed by atoms with Crippen molar-refractivity contribution in [3.8, 4) is 6.07 Å². The van der Waals surface area contributed by atoms with Gasteiger partial charge in [-0.15, -0.1) is 11.6 Å². The van der Waals surface area contributed by atoms with E-state index in [1.54, 1.807) is 12.1 Å². The summed E-state index contributed by atoms with van der Waals surface area (Å²) in [6.07, 6.45) is 5.68. The summed E-state index contributed by atoms with van der Waals surface area (Å²) in [5.41, 5.74) is 0.797. The monoisotopic (exact) mass is 277 g/mol. The highest BCUT2D eigenvalue weighted by atomic mass is 35.5. The van der Waals surface area contributed by atoms with Crippen molar-refractivity contribution >= 4 is 17.5 Å². The summed E-state index contributed by atoms with van der Waals surface area (Å²) in [6, 6.07) is 5.14. The summed E-state index contributed by atoms with van der Waals surface area (Å²) in [5, 5.41) is 11.8. The second-order valence-electron chi connectivity index (χ2n) is 4.88. The summed E-state index contributed by atoms with van der Waals surface area (Å²) >= 11 is 6.12. The zero-order valence-electron chi connectivity index (χ0n) is 10.6. The third kappa shape index (κ3) is 3.93. The van der Waals surface area contributed by atoms with Crippen LogP contribution < -0.4 is 5.32 Å². The van der Waals surface area contributed by atoms with E-state index in [9.17, 15) is 4.79 Å². The summed E-state index contributed by atoms with van der Waals surface area (Å²) in [7, 11) is 0. The fourth-order valence-electron chi connectivity index (χ4n) is 2.33. The predicted molar refractivity (Wildman–Crippen MR) is 72.9 cm³/mol. The quantitative estimate of drug-likeness (QED) is 0.863. The number of amides is 1. The molecule has 0 aromatic carbocycles. The van der Waals surface area contributed by atoms with Crippen LogP contribution in [0.25, 0.3) is 0 Å². The van der Waals surface area contributed by atoms with E-state index in [4.69, 9.17) is 16.9 Å². The number of hydrogen-bond acceptors (Lipinski definition) is 3. The highest BCUT2D eigenvalue weighted by molar-refractivity contribution is 6.20. The molecule has 19 heavy (non-hydrogen) atoms. The van der Waals surface area contributed by atoms with Gasteiger partial charge in [-0.05, 0) is 37.3 Å². The number of halogens is 1. The average molecular weight is 278 g/mol. The molecule has 0 aliphatic heterocycles. The third-order valence-corrected chi connectivity index (χ3v) is 3.79. The van der Waals surface area contributed by atoms with Crippen molar-refractivity contribution in [2.24, 2.45) is 5.92 Å². The molecule has 1 aliphatic carbocycles. The van der Waals surface area contributed by atoms with Crippen LogP contribution in [0.5, 0.6) is 0 Å². The molecule has 1 N–H and O–H groups in total. The fraction of sp³-hybridized carbons (Fsp3) is 0.500. The van der Waals surface area contributed by atoms with Gasteiger partial charge in [0.25, 0.3) is 5.91 Å². The molecule has 100 valence electrons. The molecule has 1 fully saturated rings. The Morgan fingerprint density at radius 1 is 1.53 bits per heavy atom. The summed E-state index contributed by atoms with van der Waals surface area (Å²) in [4.78, 5) is 15.8. The van der Waals surface area contributed by atoms with E-state index in [-0.39, 0.29) is 11.3 Å². The van der Waals surface area contributed by atoms with Crippen LogP contribution in [0.4, 0.5) is 0 Å². The first-order valence-electron chi connectivity index (χ1n) is 6.47. The zero-order chi connectivity index (χ0) is 13.7. The maximum absolute atomic E-state index is 11.9. The van der Waals surface area contributed by atoms with Crippen molar-refractivity contribution in [1.82, 2.24) is 10.3 Å². The lowest BCUT2D eigenvalue weighted by Crippen LogP contribution is -2.32. The van der Waals surface area contributed by atoms with Gasteiger partial charge in [0.05, 0.1) is 5.56 Å². The van der Waals surface area contributed by atoms with Crippen LogP contribution in [0.3, 0.4) is 0 Å². The van der Waals surface area contributed by atoms with Crippen molar-refractivity contribution in [2.45, 2.75) is 31.1 Å². The Labute approximate surface area is 117 Å². The Morgan fingerprint density at radius 3 is 3.00 bits per heavy atom. The number of hydrogen-bond donors (Lipinski definition) is 1. The maximum Gasteiger partial charge on any atom is 0.269 e. The van der Waals surface area contributed by atoms with E-state index in [1.165, 1.54) is 6.20 Å². The molecule has 1 aromatic rings. The largest absolute Gasteiger partial charge is 0.350 e. The summed E-state index contributed by atoms with van der Waals surface area (Å²) < 4.78 is 0. The highest BCUT2D eigenvalue weighted by Gasteiger charge is 2.20. The normalized spacial score (nSPS) is 22.5. The molecule has 0 saturated heterocycles. The van der Waals surface area contributed by atoms with Gasteiger partial charge in [0, 0.05) is 18.1 Å². The number of aromatic nitrogens is 1. The van der Waals surface area contributed by atoms with Gasteiger partial charge < -0.3 is 5.32 Å². The van der Waals surface area contributed by atoms with Gasteiger partial charge in [0.1, 0.15) is 11.8 Å². The number of rotatable bonds is 3. The number of carbonyl (C=O) groups excluding carboxylic acids is 1. The predicted octanol–water partition coefficient (Wildman–Crippen LogP) is 2.48. The van der Waals surface area contributed by atoms with E-state index in [1.807, 2.05) is 6.07 Å². The lowest BCUT2D eigenvalue weighted by atomic mass is 9.89. The number of alkyl halides is 1. The van der Waals surface area contributed by atoms with Gasteiger partial charge in [0.15, 0.2) is 0 Å². The van der Waals surface area contributed by atoms with Gasteiger partial charge in [0.2, 0.25) is 0 Å². The number of nitrogens with zero attached hydrogens (tertiary/aromatic N) is 2. The molecule has 0 radical (unpaired) electrons. The topological polar surface area (TPSA) is 65.8 Å². The molecule has 0 bridgehead atoms. The molecule has 1 saturated carbocycles. The second-order valence-corrected chi connectivity index (χ2v) is 5.50. The Balaban J connectivity index is 1.85. The molecule has 1 aromatic heterocycles. The van der Waals surface area contributed by atoms with Crippen LogP contribution >= 0.6 is 11.6 Å². The maximum atomic E-state index is 11.9. The Bertz CT molecular complexity index is 480. The molecule has 1 amide bonds. The molecule has 1 aliphatic rings. The molecule has 2 rings (SSSR count). The number of nitrogens with one attached hydrogen (secondary N) is 1. The molecular weight excluding hydrogens is 262 g/mol. The van der Waals surface area contributed by atoms with Crippen LogP contribution in [0.2, 0.25) is 0 Å². The SMILES string of the molecule is N#Cc1ccc(C(=O)NCC2CCCC(Cl)C2)nc1. The van der Waals surface area contributed by atoms with E-state index >= 15 is 0 Å². The van der Waals surface area contributed by atoms with Gasteiger partial charge in [-0.1, -0.05) is 6.42 Å². The first-order valence-corrected chi connectivity index (χ1v) is 6.91. The fourth-order valence-corrected chi connectivity index (χ4v) is 2.74. The lowest BCUT2D eigenvalue weighted by molar-refractivity contribution is 0.0938. The van der Waals surface area contributed by atoms with Crippen LogP contribution in [-0.2, 0) is 0 Å². The summed E-state index contributed by atoms with van der Waals surface area (Å²) in [6.45, 7) is 0.643. The molecule has 0 spiro atoms. The molecule has 2 unspecified atom stereocenters. The molecule has 1 heterocycles. The van der Waals surface area contributed by atoms with Crippen LogP contribution in [-0.4, -0.2) is 22.8 Å². The van der Waals surface area contributed by atoms with Crippen molar-refractivity contribution in [2.75, 3.05) is 6.54 Å². The minimum atomic E-state index is -0.193. The first kappa shape index (κ1) is 13.8. The van der Waals surface area contributed by atoms with Crippen molar-refractivity contribution in [3.05, 3.63) is 29.6 Å². The minimum absolute atomic E-state index is 0.193. The lowest BCUT2D eigenvalue weighted by Gasteiger charge is -2.25. The van der Waals surface area contributed by atoms with E-state index in [0.717, 1.165) is 25.7 Å². The second kappa shape index (κ2) is 6.53.